The molecule has 22 heavy (non-hydrogen) atoms. The summed E-state index contributed by atoms with van der Waals surface area (Å²) in [6.45, 7) is 6.23. The Labute approximate surface area is 130 Å². The molecule has 1 amide bonds. The van der Waals surface area contributed by atoms with Crippen molar-refractivity contribution >= 4 is 11.6 Å². The van der Waals surface area contributed by atoms with Gasteiger partial charge in [0.05, 0.1) is 12.0 Å². The number of rotatable bonds is 7. The SMILES string of the molecule is COc1ccc(C(=O)NC(C)(CN)CC(C)C)cc1[N+](=O)[O-]. The van der Waals surface area contributed by atoms with E-state index in [-0.39, 0.29) is 29.5 Å². The van der Waals surface area contributed by atoms with Gasteiger partial charge >= 0.3 is 5.69 Å². The minimum absolute atomic E-state index is 0.116. The van der Waals surface area contributed by atoms with Crippen LogP contribution in [0, 0.1) is 16.0 Å². The van der Waals surface area contributed by atoms with Gasteiger partial charge in [0, 0.05) is 23.7 Å². The van der Waals surface area contributed by atoms with Crippen molar-refractivity contribution in [1.29, 1.82) is 0 Å². The van der Waals surface area contributed by atoms with Crippen molar-refractivity contribution in [1.82, 2.24) is 5.32 Å². The van der Waals surface area contributed by atoms with E-state index in [1.165, 1.54) is 25.3 Å². The van der Waals surface area contributed by atoms with E-state index in [9.17, 15) is 14.9 Å². The van der Waals surface area contributed by atoms with E-state index in [4.69, 9.17) is 10.5 Å². The summed E-state index contributed by atoms with van der Waals surface area (Å²) < 4.78 is 4.92. The van der Waals surface area contributed by atoms with Gasteiger partial charge in [-0.2, -0.15) is 0 Å². The molecule has 0 bridgehead atoms. The lowest BCUT2D eigenvalue weighted by molar-refractivity contribution is -0.385. The molecule has 1 aromatic rings. The van der Waals surface area contributed by atoms with Gasteiger partial charge in [-0.05, 0) is 31.4 Å². The molecule has 1 rings (SSSR count). The molecule has 0 fully saturated rings. The standard InChI is InChI=1S/C15H23N3O4/c1-10(2)8-15(3,9-16)17-14(19)11-5-6-13(22-4)12(7-11)18(20)21/h5-7,10H,8-9,16H2,1-4H3,(H,17,19). The molecule has 0 spiro atoms. The van der Waals surface area contributed by atoms with Crippen molar-refractivity contribution < 1.29 is 14.5 Å². The summed E-state index contributed by atoms with van der Waals surface area (Å²) in [7, 11) is 1.34. The second kappa shape index (κ2) is 7.22. The van der Waals surface area contributed by atoms with Crippen molar-refractivity contribution in [3.05, 3.63) is 33.9 Å². The average molecular weight is 309 g/mol. The molecule has 0 saturated heterocycles. The predicted octanol–water partition coefficient (Wildman–Crippen LogP) is 2.10. The van der Waals surface area contributed by atoms with Crippen LogP contribution in [0.5, 0.6) is 5.75 Å². The Bertz CT molecular complexity index is 560. The first-order chi connectivity index (χ1) is 10.2. The van der Waals surface area contributed by atoms with Gasteiger partial charge in [-0.3, -0.25) is 14.9 Å². The largest absolute Gasteiger partial charge is 0.490 e. The number of nitro groups is 1. The molecule has 0 heterocycles. The maximum absolute atomic E-state index is 12.3. The maximum Gasteiger partial charge on any atom is 0.311 e. The van der Waals surface area contributed by atoms with Crippen molar-refractivity contribution in [2.75, 3.05) is 13.7 Å². The highest BCUT2D eigenvalue weighted by atomic mass is 16.6. The molecule has 1 aromatic carbocycles. The first kappa shape index (κ1) is 17.9. The Morgan fingerprint density at radius 2 is 2.14 bits per heavy atom. The van der Waals surface area contributed by atoms with Gasteiger partial charge in [0.2, 0.25) is 0 Å². The van der Waals surface area contributed by atoms with Gasteiger partial charge in [-0.25, -0.2) is 0 Å². The third-order valence-corrected chi connectivity index (χ3v) is 3.36. The van der Waals surface area contributed by atoms with Crippen LogP contribution in [0.4, 0.5) is 5.69 Å². The highest BCUT2D eigenvalue weighted by Crippen LogP contribution is 2.27. The number of benzene rings is 1. The Morgan fingerprint density at radius 1 is 1.50 bits per heavy atom. The second-order valence-electron chi connectivity index (χ2n) is 5.96. The van der Waals surface area contributed by atoms with Gasteiger partial charge in [0.1, 0.15) is 0 Å². The number of nitrogens with one attached hydrogen (secondary N) is 1. The van der Waals surface area contributed by atoms with Crippen molar-refractivity contribution in [3.8, 4) is 5.75 Å². The highest BCUT2D eigenvalue weighted by molar-refractivity contribution is 5.95. The topological polar surface area (TPSA) is 107 Å². The van der Waals surface area contributed by atoms with Gasteiger partial charge in [0.25, 0.3) is 5.91 Å². The first-order valence-corrected chi connectivity index (χ1v) is 7.07. The molecule has 3 N–H and O–H groups in total. The number of ether oxygens (including phenoxy) is 1. The number of carbonyl (C=O) groups excluding carboxylic acids is 1. The van der Waals surface area contributed by atoms with E-state index in [1.807, 2.05) is 20.8 Å². The molecule has 122 valence electrons. The van der Waals surface area contributed by atoms with Crippen LogP contribution in [-0.2, 0) is 0 Å². The van der Waals surface area contributed by atoms with Crippen LogP contribution in [0.3, 0.4) is 0 Å². The third-order valence-electron chi connectivity index (χ3n) is 3.36. The zero-order valence-corrected chi connectivity index (χ0v) is 13.4. The van der Waals surface area contributed by atoms with Crippen molar-refractivity contribution in [3.63, 3.8) is 0 Å². The summed E-state index contributed by atoms with van der Waals surface area (Å²) in [5, 5.41) is 13.9. The molecule has 0 aromatic heterocycles. The van der Waals surface area contributed by atoms with E-state index in [0.29, 0.717) is 12.3 Å². The van der Waals surface area contributed by atoms with Gasteiger partial charge < -0.3 is 15.8 Å². The molecular weight excluding hydrogens is 286 g/mol. The van der Waals surface area contributed by atoms with E-state index in [1.54, 1.807) is 0 Å². The second-order valence-corrected chi connectivity index (χ2v) is 5.96. The quantitative estimate of drug-likeness (QED) is 0.592. The lowest BCUT2D eigenvalue weighted by Gasteiger charge is -2.31. The molecule has 0 aliphatic rings. The normalized spacial score (nSPS) is 13.5. The zero-order valence-electron chi connectivity index (χ0n) is 13.4. The molecule has 7 nitrogen and oxygen atoms in total. The van der Waals surface area contributed by atoms with E-state index in [0.717, 1.165) is 0 Å². The maximum atomic E-state index is 12.3. The van der Waals surface area contributed by atoms with Crippen molar-refractivity contribution in [2.45, 2.75) is 32.7 Å². The molecule has 1 unspecified atom stereocenters. The minimum atomic E-state index is -0.578. The van der Waals surface area contributed by atoms with E-state index < -0.39 is 10.5 Å². The van der Waals surface area contributed by atoms with E-state index >= 15 is 0 Å². The monoisotopic (exact) mass is 309 g/mol. The Hall–Kier alpha value is -2.15. The summed E-state index contributed by atoms with van der Waals surface area (Å²) in [5.74, 6) is 0.0868. The summed E-state index contributed by atoms with van der Waals surface area (Å²) in [6, 6.07) is 4.11. The number of hydrogen-bond acceptors (Lipinski definition) is 5. The summed E-state index contributed by atoms with van der Waals surface area (Å²) in [4.78, 5) is 22.8. The van der Waals surface area contributed by atoms with Gasteiger partial charge in [-0.15, -0.1) is 0 Å². The fourth-order valence-corrected chi connectivity index (χ4v) is 2.41. The lowest BCUT2D eigenvalue weighted by Crippen LogP contribution is -2.52. The summed E-state index contributed by atoms with van der Waals surface area (Å²) >= 11 is 0. The third kappa shape index (κ3) is 4.42. The Morgan fingerprint density at radius 3 is 2.59 bits per heavy atom. The zero-order chi connectivity index (χ0) is 16.9. The number of nitrogens with zero attached hydrogens (tertiary/aromatic N) is 1. The Kier molecular flexibility index (Phi) is 5.87. The number of nitrogens with two attached hydrogens (primary N) is 1. The average Bonchev–Trinajstić information content (AvgIpc) is 2.45. The molecule has 0 saturated carbocycles. The highest BCUT2D eigenvalue weighted by Gasteiger charge is 2.27. The van der Waals surface area contributed by atoms with Gasteiger partial charge in [0.15, 0.2) is 5.75 Å². The lowest BCUT2D eigenvalue weighted by atomic mass is 9.90. The molecule has 1 atom stereocenters. The van der Waals surface area contributed by atoms with Crippen LogP contribution in [0.2, 0.25) is 0 Å². The van der Waals surface area contributed by atoms with Crippen LogP contribution < -0.4 is 15.8 Å². The molecule has 0 aliphatic carbocycles. The van der Waals surface area contributed by atoms with Crippen LogP contribution in [0.15, 0.2) is 18.2 Å². The number of carbonyl (C=O) groups is 1. The molecule has 0 radical (unpaired) electrons. The molecule has 7 heteroatoms. The fourth-order valence-electron chi connectivity index (χ4n) is 2.41. The van der Waals surface area contributed by atoms with E-state index in [2.05, 4.69) is 5.32 Å². The summed E-state index contributed by atoms with van der Waals surface area (Å²) in [6.07, 6.45) is 0.716. The van der Waals surface area contributed by atoms with Gasteiger partial charge in [-0.1, -0.05) is 13.8 Å². The predicted molar refractivity (Wildman–Crippen MR) is 84.0 cm³/mol. The minimum Gasteiger partial charge on any atom is -0.490 e. The van der Waals surface area contributed by atoms with Crippen LogP contribution in [0.25, 0.3) is 0 Å². The van der Waals surface area contributed by atoms with Crippen molar-refractivity contribution in [2.24, 2.45) is 11.7 Å². The number of amides is 1. The number of hydrogen-bond donors (Lipinski definition) is 2. The first-order valence-electron chi connectivity index (χ1n) is 7.07. The smallest absolute Gasteiger partial charge is 0.311 e. The number of nitro benzene ring substituents is 1. The summed E-state index contributed by atoms with van der Waals surface area (Å²) in [5.41, 5.74) is 5.17. The van der Waals surface area contributed by atoms with Crippen LogP contribution in [0.1, 0.15) is 37.6 Å². The molecular formula is C15H23N3O4. The number of methoxy groups -OCH3 is 1. The van der Waals surface area contributed by atoms with Crippen LogP contribution >= 0.6 is 0 Å². The fraction of sp³-hybridized carbons (Fsp3) is 0.533. The van der Waals surface area contributed by atoms with Crippen LogP contribution in [-0.4, -0.2) is 30.0 Å². The molecule has 0 aliphatic heterocycles. The Balaban J connectivity index is 3.03.